The van der Waals surface area contributed by atoms with Gasteiger partial charge >= 0.3 is 0 Å². The molecule has 1 heterocycles. The van der Waals surface area contributed by atoms with Gasteiger partial charge in [0.25, 0.3) is 5.69 Å². The SMILES string of the molecule is Cc1cc(Sc2ccc([N+](=O)[O-])cc2)nc(N)n1. The van der Waals surface area contributed by atoms with Crippen LogP contribution in [0.1, 0.15) is 5.69 Å². The van der Waals surface area contributed by atoms with E-state index in [9.17, 15) is 10.1 Å². The van der Waals surface area contributed by atoms with Gasteiger partial charge in [-0.1, -0.05) is 11.8 Å². The van der Waals surface area contributed by atoms with Crippen LogP contribution in [0.25, 0.3) is 0 Å². The zero-order valence-corrected chi connectivity index (χ0v) is 10.3. The Morgan fingerprint density at radius 1 is 1.28 bits per heavy atom. The standard InChI is InChI=1S/C11H10N4O2S/c1-7-6-10(14-11(12)13-7)18-9-4-2-8(3-5-9)15(16)17/h2-6H,1H3,(H2,12,13,14). The summed E-state index contributed by atoms with van der Waals surface area (Å²) in [6.45, 7) is 1.83. The molecule has 0 atom stereocenters. The smallest absolute Gasteiger partial charge is 0.269 e. The Morgan fingerprint density at radius 3 is 2.50 bits per heavy atom. The quantitative estimate of drug-likeness (QED) is 0.518. The Bertz CT molecular complexity index is 566. The molecule has 0 spiro atoms. The molecule has 6 nitrogen and oxygen atoms in total. The van der Waals surface area contributed by atoms with Crippen LogP contribution in [0.15, 0.2) is 40.3 Å². The summed E-state index contributed by atoms with van der Waals surface area (Å²) in [5.41, 5.74) is 6.40. The predicted octanol–water partition coefficient (Wildman–Crippen LogP) is 2.43. The maximum atomic E-state index is 10.5. The number of nitrogens with zero attached hydrogens (tertiary/aromatic N) is 3. The lowest BCUT2D eigenvalue weighted by Gasteiger charge is -2.02. The summed E-state index contributed by atoms with van der Waals surface area (Å²) in [6.07, 6.45) is 0. The van der Waals surface area contributed by atoms with Crippen molar-refractivity contribution in [3.8, 4) is 0 Å². The summed E-state index contributed by atoms with van der Waals surface area (Å²) in [4.78, 5) is 19.0. The van der Waals surface area contributed by atoms with Crippen molar-refractivity contribution in [3.05, 3.63) is 46.1 Å². The number of non-ortho nitro benzene ring substituents is 1. The topological polar surface area (TPSA) is 94.9 Å². The van der Waals surface area contributed by atoms with E-state index in [1.807, 2.05) is 13.0 Å². The van der Waals surface area contributed by atoms with E-state index in [1.54, 1.807) is 12.1 Å². The second-order valence-corrected chi connectivity index (χ2v) is 4.65. The Balaban J connectivity index is 2.20. The van der Waals surface area contributed by atoms with Gasteiger partial charge in [0.1, 0.15) is 5.03 Å². The fourth-order valence-corrected chi connectivity index (χ4v) is 2.25. The fraction of sp³-hybridized carbons (Fsp3) is 0.0909. The number of hydrogen-bond donors (Lipinski definition) is 1. The van der Waals surface area contributed by atoms with Gasteiger partial charge in [-0.3, -0.25) is 10.1 Å². The predicted molar refractivity (Wildman–Crippen MR) is 68.4 cm³/mol. The first-order chi connectivity index (χ1) is 8.54. The van der Waals surface area contributed by atoms with Gasteiger partial charge in [0, 0.05) is 22.7 Å². The summed E-state index contributed by atoms with van der Waals surface area (Å²) in [5, 5.41) is 11.2. The van der Waals surface area contributed by atoms with Gasteiger partial charge in [0.15, 0.2) is 0 Å². The Labute approximate surface area is 107 Å². The van der Waals surface area contributed by atoms with Gasteiger partial charge in [-0.05, 0) is 25.1 Å². The lowest BCUT2D eigenvalue weighted by Crippen LogP contribution is -1.97. The number of hydrogen-bond acceptors (Lipinski definition) is 6. The van der Waals surface area contributed by atoms with Gasteiger partial charge < -0.3 is 5.73 Å². The third-order valence-corrected chi connectivity index (χ3v) is 3.04. The molecule has 0 aliphatic carbocycles. The number of rotatable bonds is 3. The van der Waals surface area contributed by atoms with Crippen LogP contribution in [-0.2, 0) is 0 Å². The van der Waals surface area contributed by atoms with Crippen molar-refractivity contribution in [2.24, 2.45) is 0 Å². The molecule has 2 aromatic rings. The molecule has 2 rings (SSSR count). The molecule has 18 heavy (non-hydrogen) atoms. The number of nitro benzene ring substituents is 1. The molecule has 0 aliphatic rings. The van der Waals surface area contributed by atoms with Crippen molar-refractivity contribution in [3.63, 3.8) is 0 Å². The highest BCUT2D eigenvalue weighted by Gasteiger charge is 2.06. The van der Waals surface area contributed by atoms with Gasteiger partial charge in [-0.25, -0.2) is 9.97 Å². The zero-order valence-electron chi connectivity index (χ0n) is 9.53. The highest BCUT2D eigenvalue weighted by molar-refractivity contribution is 7.99. The van der Waals surface area contributed by atoms with Crippen LogP contribution in [0.2, 0.25) is 0 Å². The Kier molecular flexibility index (Phi) is 3.42. The minimum atomic E-state index is -0.429. The number of nitrogens with two attached hydrogens (primary N) is 1. The summed E-state index contributed by atoms with van der Waals surface area (Å²) < 4.78 is 0. The third-order valence-electron chi connectivity index (χ3n) is 2.12. The number of nitro groups is 1. The van der Waals surface area contributed by atoms with Gasteiger partial charge in [0.05, 0.1) is 4.92 Å². The van der Waals surface area contributed by atoms with Gasteiger partial charge in [-0.15, -0.1) is 0 Å². The van der Waals surface area contributed by atoms with Gasteiger partial charge in [0.2, 0.25) is 5.95 Å². The van der Waals surface area contributed by atoms with E-state index >= 15 is 0 Å². The molecule has 0 radical (unpaired) electrons. The minimum absolute atomic E-state index is 0.0673. The molecule has 0 saturated heterocycles. The maximum Gasteiger partial charge on any atom is 0.269 e. The normalized spacial score (nSPS) is 10.3. The first-order valence-electron chi connectivity index (χ1n) is 5.08. The molecular weight excluding hydrogens is 252 g/mol. The van der Waals surface area contributed by atoms with Crippen LogP contribution in [-0.4, -0.2) is 14.9 Å². The van der Waals surface area contributed by atoms with E-state index in [0.29, 0.717) is 5.03 Å². The summed E-state index contributed by atoms with van der Waals surface area (Å²) in [6, 6.07) is 8.08. The first kappa shape index (κ1) is 12.3. The van der Waals surface area contributed by atoms with Crippen molar-refractivity contribution in [2.45, 2.75) is 16.8 Å². The molecule has 1 aromatic carbocycles. The summed E-state index contributed by atoms with van der Waals surface area (Å²) in [5.74, 6) is 0.222. The molecule has 0 amide bonds. The highest BCUT2D eigenvalue weighted by atomic mass is 32.2. The molecule has 2 N–H and O–H groups in total. The fourth-order valence-electron chi connectivity index (χ4n) is 1.37. The van der Waals surface area contributed by atoms with E-state index < -0.39 is 4.92 Å². The molecule has 1 aromatic heterocycles. The van der Waals surface area contributed by atoms with Crippen molar-refractivity contribution in [1.82, 2.24) is 9.97 Å². The summed E-state index contributed by atoms with van der Waals surface area (Å²) in [7, 11) is 0. The summed E-state index contributed by atoms with van der Waals surface area (Å²) >= 11 is 1.38. The average molecular weight is 262 g/mol. The molecule has 7 heteroatoms. The van der Waals surface area contributed by atoms with Crippen LogP contribution in [0, 0.1) is 17.0 Å². The Morgan fingerprint density at radius 2 is 1.94 bits per heavy atom. The molecular formula is C11H10N4O2S. The monoisotopic (exact) mass is 262 g/mol. The largest absolute Gasteiger partial charge is 0.368 e. The third kappa shape index (κ3) is 2.95. The van der Waals surface area contributed by atoms with Gasteiger partial charge in [-0.2, -0.15) is 0 Å². The molecule has 0 aliphatic heterocycles. The van der Waals surface area contributed by atoms with E-state index in [-0.39, 0.29) is 11.6 Å². The first-order valence-corrected chi connectivity index (χ1v) is 5.90. The molecule has 0 saturated carbocycles. The maximum absolute atomic E-state index is 10.5. The van der Waals surface area contributed by atoms with Crippen LogP contribution in [0.3, 0.4) is 0 Å². The van der Waals surface area contributed by atoms with E-state index in [0.717, 1.165) is 10.6 Å². The molecule has 0 fully saturated rings. The highest BCUT2D eigenvalue weighted by Crippen LogP contribution is 2.28. The van der Waals surface area contributed by atoms with Crippen LogP contribution >= 0.6 is 11.8 Å². The van der Waals surface area contributed by atoms with Crippen LogP contribution in [0.4, 0.5) is 11.6 Å². The second-order valence-electron chi connectivity index (χ2n) is 3.56. The molecule has 0 unspecified atom stereocenters. The number of aromatic nitrogens is 2. The number of nitrogen functional groups attached to an aromatic ring is 1. The van der Waals surface area contributed by atoms with Crippen molar-refractivity contribution in [1.29, 1.82) is 0 Å². The van der Waals surface area contributed by atoms with Crippen LogP contribution in [0.5, 0.6) is 0 Å². The van der Waals surface area contributed by atoms with Crippen molar-refractivity contribution in [2.75, 3.05) is 5.73 Å². The van der Waals surface area contributed by atoms with Crippen molar-refractivity contribution >= 4 is 23.4 Å². The zero-order chi connectivity index (χ0) is 13.1. The number of aryl methyl sites for hydroxylation is 1. The van der Waals surface area contributed by atoms with Crippen molar-refractivity contribution < 1.29 is 4.92 Å². The minimum Gasteiger partial charge on any atom is -0.368 e. The van der Waals surface area contributed by atoms with E-state index in [1.165, 1.54) is 23.9 Å². The Hall–Kier alpha value is -2.15. The van der Waals surface area contributed by atoms with Crippen LogP contribution < -0.4 is 5.73 Å². The molecule has 0 bridgehead atoms. The number of benzene rings is 1. The molecule has 92 valence electrons. The number of anilines is 1. The second kappa shape index (κ2) is 5.01. The lowest BCUT2D eigenvalue weighted by molar-refractivity contribution is -0.384. The lowest BCUT2D eigenvalue weighted by atomic mass is 10.3. The average Bonchev–Trinajstić information content (AvgIpc) is 2.28. The van der Waals surface area contributed by atoms with E-state index in [4.69, 9.17) is 5.73 Å². The van der Waals surface area contributed by atoms with E-state index in [2.05, 4.69) is 9.97 Å².